The second-order valence-corrected chi connectivity index (χ2v) is 7.25. The summed E-state index contributed by atoms with van der Waals surface area (Å²) in [5.74, 6) is 1.11. The number of carbonyl (C=O) groups excluding carboxylic acids is 2. The van der Waals surface area contributed by atoms with Gasteiger partial charge in [0.05, 0.1) is 0 Å². The maximum Gasteiger partial charge on any atom is 0.248 e. The number of amides is 2. The SMILES string of the molecule is O=C(CO)N1CCN(C(=O)CC2CCC(c3ccccc3)CC2)CC1. The van der Waals surface area contributed by atoms with E-state index in [4.69, 9.17) is 5.11 Å². The van der Waals surface area contributed by atoms with Gasteiger partial charge in [-0.3, -0.25) is 9.59 Å². The molecular weight excluding hydrogens is 316 g/mol. The van der Waals surface area contributed by atoms with E-state index in [-0.39, 0.29) is 11.8 Å². The van der Waals surface area contributed by atoms with Crippen LogP contribution in [0.5, 0.6) is 0 Å². The van der Waals surface area contributed by atoms with E-state index in [9.17, 15) is 9.59 Å². The lowest BCUT2D eigenvalue weighted by Crippen LogP contribution is -2.51. The molecule has 1 aromatic rings. The third-order valence-corrected chi connectivity index (χ3v) is 5.70. The molecule has 0 bridgehead atoms. The standard InChI is InChI=1S/C20H28N2O3/c23-15-20(25)22-12-10-21(11-13-22)19(24)14-16-6-8-18(9-7-16)17-4-2-1-3-5-17/h1-5,16,18,23H,6-15H2. The van der Waals surface area contributed by atoms with Crippen LogP contribution in [-0.4, -0.2) is 59.5 Å². The first kappa shape index (κ1) is 17.9. The molecule has 0 radical (unpaired) electrons. The minimum absolute atomic E-state index is 0.222. The summed E-state index contributed by atoms with van der Waals surface area (Å²) in [7, 11) is 0. The van der Waals surface area contributed by atoms with E-state index >= 15 is 0 Å². The number of aliphatic hydroxyl groups excluding tert-OH is 1. The molecule has 25 heavy (non-hydrogen) atoms. The van der Waals surface area contributed by atoms with Crippen molar-refractivity contribution in [2.75, 3.05) is 32.8 Å². The van der Waals surface area contributed by atoms with E-state index in [1.807, 2.05) is 4.90 Å². The molecule has 1 aromatic carbocycles. The Morgan fingerprint density at radius 1 is 0.880 bits per heavy atom. The molecule has 1 saturated heterocycles. The van der Waals surface area contributed by atoms with Crippen LogP contribution in [-0.2, 0) is 9.59 Å². The molecule has 0 aromatic heterocycles. The van der Waals surface area contributed by atoms with Gasteiger partial charge in [0.15, 0.2) is 0 Å². The van der Waals surface area contributed by atoms with Gasteiger partial charge in [0, 0.05) is 32.6 Å². The summed E-state index contributed by atoms with van der Waals surface area (Å²) in [6.45, 7) is 1.80. The third-order valence-electron chi connectivity index (χ3n) is 5.70. The summed E-state index contributed by atoms with van der Waals surface area (Å²) in [6.07, 6.45) is 5.21. The minimum Gasteiger partial charge on any atom is -0.387 e. The Balaban J connectivity index is 1.42. The van der Waals surface area contributed by atoms with E-state index in [1.165, 1.54) is 18.4 Å². The predicted molar refractivity (Wildman–Crippen MR) is 96.0 cm³/mol. The smallest absolute Gasteiger partial charge is 0.248 e. The van der Waals surface area contributed by atoms with E-state index < -0.39 is 6.61 Å². The molecule has 0 unspecified atom stereocenters. The summed E-state index contributed by atoms with van der Waals surface area (Å²) >= 11 is 0. The molecule has 1 aliphatic heterocycles. The van der Waals surface area contributed by atoms with Crippen LogP contribution in [0, 0.1) is 5.92 Å². The van der Waals surface area contributed by atoms with Gasteiger partial charge in [0.25, 0.3) is 0 Å². The van der Waals surface area contributed by atoms with Gasteiger partial charge in [-0.05, 0) is 43.1 Å². The summed E-state index contributed by atoms with van der Waals surface area (Å²) in [5.41, 5.74) is 1.43. The van der Waals surface area contributed by atoms with Crippen molar-refractivity contribution in [2.24, 2.45) is 5.92 Å². The van der Waals surface area contributed by atoms with Gasteiger partial charge < -0.3 is 14.9 Å². The predicted octanol–water partition coefficient (Wildman–Crippen LogP) is 2.01. The second kappa shape index (κ2) is 8.48. The zero-order chi connectivity index (χ0) is 17.6. The summed E-state index contributed by atoms with van der Waals surface area (Å²) in [4.78, 5) is 27.5. The Morgan fingerprint density at radius 2 is 1.44 bits per heavy atom. The average molecular weight is 344 g/mol. The van der Waals surface area contributed by atoms with E-state index in [0.717, 1.165) is 12.8 Å². The number of rotatable bonds is 4. The van der Waals surface area contributed by atoms with Crippen molar-refractivity contribution >= 4 is 11.8 Å². The van der Waals surface area contributed by atoms with Crippen LogP contribution >= 0.6 is 0 Å². The summed E-state index contributed by atoms with van der Waals surface area (Å²) < 4.78 is 0. The third kappa shape index (κ3) is 4.60. The van der Waals surface area contributed by atoms with Crippen LogP contribution in [0.1, 0.15) is 43.6 Å². The van der Waals surface area contributed by atoms with E-state index in [0.29, 0.717) is 44.4 Å². The summed E-state index contributed by atoms with van der Waals surface area (Å²) in [6, 6.07) is 10.7. The number of piperazine rings is 1. The van der Waals surface area contributed by atoms with Crippen molar-refractivity contribution in [1.29, 1.82) is 0 Å². The van der Waals surface area contributed by atoms with Crippen LogP contribution in [0.25, 0.3) is 0 Å². The van der Waals surface area contributed by atoms with Gasteiger partial charge >= 0.3 is 0 Å². The number of carbonyl (C=O) groups is 2. The lowest BCUT2D eigenvalue weighted by molar-refractivity contribution is -0.141. The normalized spacial score (nSPS) is 24.2. The minimum atomic E-state index is -0.446. The molecule has 2 amide bonds. The molecule has 1 N–H and O–H groups in total. The fraction of sp³-hybridized carbons (Fsp3) is 0.600. The fourth-order valence-electron chi connectivity index (χ4n) is 4.11. The number of nitrogens with zero attached hydrogens (tertiary/aromatic N) is 2. The zero-order valence-corrected chi connectivity index (χ0v) is 14.8. The topological polar surface area (TPSA) is 60.9 Å². The maximum atomic E-state index is 12.5. The van der Waals surface area contributed by atoms with Crippen LogP contribution < -0.4 is 0 Å². The van der Waals surface area contributed by atoms with Crippen molar-refractivity contribution in [3.63, 3.8) is 0 Å². The van der Waals surface area contributed by atoms with Gasteiger partial charge in [-0.2, -0.15) is 0 Å². The first-order chi connectivity index (χ1) is 12.2. The highest BCUT2D eigenvalue weighted by atomic mass is 16.3. The molecule has 0 spiro atoms. The molecule has 5 nitrogen and oxygen atoms in total. The largest absolute Gasteiger partial charge is 0.387 e. The van der Waals surface area contributed by atoms with E-state index in [2.05, 4.69) is 30.3 Å². The van der Waals surface area contributed by atoms with Gasteiger partial charge in [0.2, 0.25) is 11.8 Å². The van der Waals surface area contributed by atoms with Gasteiger partial charge in [-0.15, -0.1) is 0 Å². The number of aliphatic hydroxyl groups is 1. The molecule has 1 aliphatic carbocycles. The fourth-order valence-corrected chi connectivity index (χ4v) is 4.11. The van der Waals surface area contributed by atoms with Crippen molar-refractivity contribution in [1.82, 2.24) is 9.80 Å². The van der Waals surface area contributed by atoms with Crippen LogP contribution in [0.2, 0.25) is 0 Å². The highest BCUT2D eigenvalue weighted by Gasteiger charge is 2.28. The number of hydrogen-bond acceptors (Lipinski definition) is 3. The Hall–Kier alpha value is -1.88. The molecule has 2 aliphatic rings. The van der Waals surface area contributed by atoms with Crippen molar-refractivity contribution in [3.05, 3.63) is 35.9 Å². The maximum absolute atomic E-state index is 12.5. The first-order valence-corrected chi connectivity index (χ1v) is 9.38. The molecule has 2 fully saturated rings. The Labute approximate surface area is 149 Å². The van der Waals surface area contributed by atoms with Crippen LogP contribution in [0.4, 0.5) is 0 Å². The molecular formula is C20H28N2O3. The van der Waals surface area contributed by atoms with Crippen molar-refractivity contribution in [2.45, 2.75) is 38.0 Å². The van der Waals surface area contributed by atoms with Crippen LogP contribution in [0.3, 0.4) is 0 Å². The highest BCUT2D eigenvalue weighted by Crippen LogP contribution is 2.37. The molecule has 0 atom stereocenters. The first-order valence-electron chi connectivity index (χ1n) is 9.38. The molecule has 136 valence electrons. The highest BCUT2D eigenvalue weighted by molar-refractivity contribution is 5.79. The lowest BCUT2D eigenvalue weighted by atomic mass is 9.77. The Kier molecular flexibility index (Phi) is 6.08. The molecule has 1 heterocycles. The van der Waals surface area contributed by atoms with Gasteiger partial charge in [-0.1, -0.05) is 30.3 Å². The average Bonchev–Trinajstić information content (AvgIpc) is 2.68. The van der Waals surface area contributed by atoms with Crippen LogP contribution in [0.15, 0.2) is 30.3 Å². The van der Waals surface area contributed by atoms with Crippen molar-refractivity contribution < 1.29 is 14.7 Å². The second-order valence-electron chi connectivity index (χ2n) is 7.25. The van der Waals surface area contributed by atoms with Gasteiger partial charge in [0.1, 0.15) is 6.61 Å². The van der Waals surface area contributed by atoms with E-state index in [1.54, 1.807) is 4.90 Å². The molecule has 5 heteroatoms. The quantitative estimate of drug-likeness (QED) is 0.909. The Morgan fingerprint density at radius 3 is 2.00 bits per heavy atom. The number of benzene rings is 1. The lowest BCUT2D eigenvalue weighted by Gasteiger charge is -2.36. The summed E-state index contributed by atoms with van der Waals surface area (Å²) in [5, 5.41) is 8.91. The number of hydrogen-bond donors (Lipinski definition) is 1. The van der Waals surface area contributed by atoms with Gasteiger partial charge in [-0.25, -0.2) is 0 Å². The molecule has 3 rings (SSSR count). The monoisotopic (exact) mass is 344 g/mol. The van der Waals surface area contributed by atoms with Crippen molar-refractivity contribution in [3.8, 4) is 0 Å². The Bertz CT molecular complexity index is 574. The zero-order valence-electron chi connectivity index (χ0n) is 14.8. The molecule has 1 saturated carbocycles.